The summed E-state index contributed by atoms with van der Waals surface area (Å²) in [5.41, 5.74) is 3.50. The highest BCUT2D eigenvalue weighted by molar-refractivity contribution is 6.32. The highest BCUT2D eigenvalue weighted by Crippen LogP contribution is 2.36. The second-order valence-electron chi connectivity index (χ2n) is 8.42. The molecule has 0 N–H and O–H groups in total. The van der Waals surface area contributed by atoms with Crippen LogP contribution in [0.4, 0.5) is 13.2 Å². The molecule has 1 atom stereocenters. The number of hydroxylamine groups is 2. The van der Waals surface area contributed by atoms with E-state index in [1.807, 2.05) is 50.2 Å². The van der Waals surface area contributed by atoms with Crippen LogP contribution in [-0.4, -0.2) is 29.7 Å². The maximum atomic E-state index is 13.5. The Hall–Kier alpha value is -3.52. The molecule has 3 aromatic carbocycles. The molecule has 0 radical (unpaired) electrons. The molecule has 0 saturated carbocycles. The first-order valence-electron chi connectivity index (χ1n) is 11.3. The first-order chi connectivity index (χ1) is 17.1. The summed E-state index contributed by atoms with van der Waals surface area (Å²) >= 11 is 6.38. The number of amides is 1. The normalized spacial score (nSPS) is 15.4. The number of nitrogens with zero attached hydrogens (tertiary/aromatic N) is 2. The molecule has 1 heterocycles. The van der Waals surface area contributed by atoms with Gasteiger partial charge < -0.3 is 9.57 Å². The topological polar surface area (TPSA) is 51.1 Å². The van der Waals surface area contributed by atoms with Crippen molar-refractivity contribution in [2.45, 2.75) is 39.0 Å². The molecule has 4 rings (SSSR count). The molecule has 5 nitrogen and oxygen atoms in total. The quantitative estimate of drug-likeness (QED) is 0.312. The molecule has 0 aliphatic carbocycles. The van der Waals surface area contributed by atoms with E-state index in [4.69, 9.17) is 26.2 Å². The first kappa shape index (κ1) is 25.6. The van der Waals surface area contributed by atoms with Gasteiger partial charge in [-0.2, -0.15) is 13.2 Å². The van der Waals surface area contributed by atoms with Gasteiger partial charge in [-0.1, -0.05) is 54.1 Å². The molecule has 188 valence electrons. The summed E-state index contributed by atoms with van der Waals surface area (Å²) in [6.07, 6.45) is -6.18. The van der Waals surface area contributed by atoms with Gasteiger partial charge in [0.25, 0.3) is 11.8 Å². The summed E-state index contributed by atoms with van der Waals surface area (Å²) in [4.78, 5) is 24.2. The third kappa shape index (κ3) is 5.82. The molecule has 0 fully saturated rings. The average Bonchev–Trinajstić information content (AvgIpc) is 3.27. The molecule has 0 spiro atoms. The van der Waals surface area contributed by atoms with Crippen molar-refractivity contribution in [1.82, 2.24) is 5.06 Å². The molecular weight excluding hydrogens is 493 g/mol. The van der Waals surface area contributed by atoms with Crippen molar-refractivity contribution in [2.24, 2.45) is 4.99 Å². The largest absolute Gasteiger partial charge is 0.492 e. The number of rotatable bonds is 7. The Morgan fingerprint density at radius 3 is 2.42 bits per heavy atom. The lowest BCUT2D eigenvalue weighted by atomic mass is 10.1. The van der Waals surface area contributed by atoms with Crippen molar-refractivity contribution in [3.05, 3.63) is 99.6 Å². The fourth-order valence-corrected chi connectivity index (χ4v) is 4.05. The molecule has 0 aromatic heterocycles. The molecule has 3 aromatic rings. The van der Waals surface area contributed by atoms with Gasteiger partial charge >= 0.3 is 6.18 Å². The predicted octanol–water partition coefficient (Wildman–Crippen LogP) is 7.21. The SMILES string of the molecule is Cc1ccccc1C(=O)N1OC(c2ccccc2C)=NC1c1ccc(OCCCC(F)(F)F)c(Cl)c1. The summed E-state index contributed by atoms with van der Waals surface area (Å²) in [6.45, 7) is 3.63. The standard InChI is InChI=1S/C27H24ClF3N2O3/c1-17-8-3-5-10-20(17)25-32-24(33(36-25)26(34)21-11-6-4-9-18(21)2)19-12-13-23(22(28)16-19)35-15-7-14-27(29,30)31/h3-6,8-13,16,24H,7,14-15H2,1-2H3. The number of ether oxygens (including phenoxy) is 1. The lowest BCUT2D eigenvalue weighted by Gasteiger charge is -2.23. The minimum absolute atomic E-state index is 0.126. The summed E-state index contributed by atoms with van der Waals surface area (Å²) < 4.78 is 42.6. The van der Waals surface area contributed by atoms with Crippen LogP contribution in [0.25, 0.3) is 0 Å². The van der Waals surface area contributed by atoms with Gasteiger partial charge in [-0.25, -0.2) is 4.99 Å². The zero-order valence-corrected chi connectivity index (χ0v) is 20.4. The molecule has 0 saturated heterocycles. The van der Waals surface area contributed by atoms with Crippen molar-refractivity contribution in [3.8, 4) is 5.75 Å². The minimum atomic E-state index is -4.24. The maximum Gasteiger partial charge on any atom is 0.389 e. The van der Waals surface area contributed by atoms with Crippen LogP contribution in [-0.2, 0) is 4.84 Å². The van der Waals surface area contributed by atoms with Gasteiger partial charge in [0.15, 0.2) is 6.17 Å². The Bertz CT molecular complexity index is 1290. The van der Waals surface area contributed by atoms with Crippen molar-refractivity contribution >= 4 is 23.4 Å². The van der Waals surface area contributed by atoms with E-state index in [2.05, 4.69) is 0 Å². The predicted molar refractivity (Wildman–Crippen MR) is 131 cm³/mol. The summed E-state index contributed by atoms with van der Waals surface area (Å²) in [7, 11) is 0. The molecular formula is C27H24ClF3N2O3. The minimum Gasteiger partial charge on any atom is -0.492 e. The number of benzene rings is 3. The third-order valence-corrected chi connectivity index (χ3v) is 6.01. The van der Waals surface area contributed by atoms with E-state index < -0.39 is 18.8 Å². The molecule has 1 aliphatic heterocycles. The van der Waals surface area contributed by atoms with Crippen LogP contribution >= 0.6 is 11.6 Å². The number of aliphatic imine (C=N–C) groups is 1. The lowest BCUT2D eigenvalue weighted by molar-refractivity contribution is -0.136. The number of carbonyl (C=O) groups is 1. The monoisotopic (exact) mass is 516 g/mol. The van der Waals surface area contributed by atoms with Gasteiger partial charge in [0.1, 0.15) is 5.75 Å². The van der Waals surface area contributed by atoms with Crippen molar-refractivity contribution in [2.75, 3.05) is 6.61 Å². The van der Waals surface area contributed by atoms with E-state index >= 15 is 0 Å². The second kappa shape index (κ2) is 10.6. The average molecular weight is 517 g/mol. The van der Waals surface area contributed by atoms with Crippen LogP contribution < -0.4 is 4.74 Å². The van der Waals surface area contributed by atoms with Crippen molar-refractivity contribution in [1.29, 1.82) is 0 Å². The number of carbonyl (C=O) groups excluding carboxylic acids is 1. The zero-order chi connectivity index (χ0) is 25.9. The Morgan fingerprint density at radius 2 is 1.75 bits per heavy atom. The van der Waals surface area contributed by atoms with E-state index in [1.54, 1.807) is 30.3 Å². The molecule has 0 bridgehead atoms. The van der Waals surface area contributed by atoms with Crippen LogP contribution in [0.15, 0.2) is 71.7 Å². The van der Waals surface area contributed by atoms with Crippen LogP contribution in [0.1, 0.15) is 51.6 Å². The zero-order valence-electron chi connectivity index (χ0n) is 19.7. The van der Waals surface area contributed by atoms with Gasteiger partial charge in [-0.15, -0.1) is 5.06 Å². The first-order valence-corrected chi connectivity index (χ1v) is 11.7. The van der Waals surface area contributed by atoms with Crippen molar-refractivity contribution in [3.63, 3.8) is 0 Å². The number of aryl methyl sites for hydroxylation is 2. The Labute approximate surface area is 212 Å². The van der Waals surface area contributed by atoms with Gasteiger partial charge in [0, 0.05) is 23.1 Å². The van der Waals surface area contributed by atoms with E-state index in [9.17, 15) is 18.0 Å². The lowest BCUT2D eigenvalue weighted by Crippen LogP contribution is -2.31. The third-order valence-electron chi connectivity index (χ3n) is 5.71. The highest BCUT2D eigenvalue weighted by Gasteiger charge is 2.36. The van der Waals surface area contributed by atoms with Crippen LogP contribution in [0.5, 0.6) is 5.75 Å². The molecule has 36 heavy (non-hydrogen) atoms. The fourth-order valence-electron chi connectivity index (χ4n) is 3.81. The second-order valence-corrected chi connectivity index (χ2v) is 8.82. The van der Waals surface area contributed by atoms with Crippen LogP contribution in [0.3, 0.4) is 0 Å². The summed E-state index contributed by atoms with van der Waals surface area (Å²) in [5.74, 6) is 0.180. The molecule has 9 heteroatoms. The number of hydrogen-bond donors (Lipinski definition) is 0. The fraction of sp³-hybridized carbons (Fsp3) is 0.259. The number of hydrogen-bond acceptors (Lipinski definition) is 4. The van der Waals surface area contributed by atoms with Crippen LogP contribution in [0.2, 0.25) is 5.02 Å². The molecule has 1 amide bonds. The summed E-state index contributed by atoms with van der Waals surface area (Å²) in [5, 5.41) is 1.40. The van der Waals surface area contributed by atoms with E-state index in [-0.39, 0.29) is 29.7 Å². The Balaban J connectivity index is 1.62. The van der Waals surface area contributed by atoms with E-state index in [0.717, 1.165) is 16.7 Å². The maximum absolute atomic E-state index is 13.5. The van der Waals surface area contributed by atoms with Gasteiger partial charge in [0.2, 0.25) is 0 Å². The smallest absolute Gasteiger partial charge is 0.389 e. The van der Waals surface area contributed by atoms with E-state index in [0.29, 0.717) is 17.0 Å². The summed E-state index contributed by atoms with van der Waals surface area (Å²) in [6, 6.07) is 19.5. The Morgan fingerprint density at radius 1 is 1.06 bits per heavy atom. The molecule has 1 aliphatic rings. The van der Waals surface area contributed by atoms with Gasteiger partial charge in [0.05, 0.1) is 11.6 Å². The molecule has 1 unspecified atom stereocenters. The van der Waals surface area contributed by atoms with Crippen LogP contribution in [0, 0.1) is 13.8 Å². The number of alkyl halides is 3. The Kier molecular flexibility index (Phi) is 7.54. The van der Waals surface area contributed by atoms with Gasteiger partial charge in [-0.3, -0.25) is 4.79 Å². The number of halogens is 4. The highest BCUT2D eigenvalue weighted by atomic mass is 35.5. The van der Waals surface area contributed by atoms with Crippen molar-refractivity contribution < 1.29 is 27.5 Å². The van der Waals surface area contributed by atoms with E-state index in [1.165, 1.54) is 5.06 Å². The van der Waals surface area contributed by atoms with Gasteiger partial charge in [-0.05, 0) is 55.7 Å².